The van der Waals surface area contributed by atoms with Crippen molar-refractivity contribution in [1.29, 1.82) is 0 Å². The molecule has 2 bridgehead atoms. The van der Waals surface area contributed by atoms with E-state index in [0.29, 0.717) is 0 Å². The molecule has 3 aliphatic rings. The molecule has 0 aromatic heterocycles. The number of methoxy groups -OCH3 is 1. The monoisotopic (exact) mass is 521 g/mol. The summed E-state index contributed by atoms with van der Waals surface area (Å²) in [5, 5.41) is 13.7. The van der Waals surface area contributed by atoms with Gasteiger partial charge in [-0.3, -0.25) is 29.4 Å². The summed E-state index contributed by atoms with van der Waals surface area (Å²) in [5.74, 6) is -2.60. The first-order valence-corrected chi connectivity index (χ1v) is 12.5. The van der Waals surface area contributed by atoms with Gasteiger partial charge in [-0.2, -0.15) is 0 Å². The highest BCUT2D eigenvalue weighted by atomic mass is 16.6. The summed E-state index contributed by atoms with van der Waals surface area (Å²) in [6.45, 7) is -0.757. The van der Waals surface area contributed by atoms with Gasteiger partial charge in [0.1, 0.15) is 17.5 Å². The number of amides is 3. The van der Waals surface area contributed by atoms with Crippen molar-refractivity contribution in [2.75, 3.05) is 19.0 Å². The Labute approximate surface area is 218 Å². The molecule has 2 aliphatic carbocycles. The third-order valence-corrected chi connectivity index (χ3v) is 7.84. The van der Waals surface area contributed by atoms with Crippen molar-refractivity contribution in [2.45, 2.75) is 31.7 Å². The van der Waals surface area contributed by atoms with Gasteiger partial charge in [-0.1, -0.05) is 30.3 Å². The van der Waals surface area contributed by atoms with Crippen molar-refractivity contribution < 1.29 is 33.6 Å². The Morgan fingerprint density at radius 1 is 1.08 bits per heavy atom. The van der Waals surface area contributed by atoms with Gasteiger partial charge in [0.25, 0.3) is 11.6 Å². The number of benzene rings is 2. The molecule has 2 saturated carbocycles. The summed E-state index contributed by atoms with van der Waals surface area (Å²) in [6, 6.07) is 11.6. The van der Waals surface area contributed by atoms with Crippen LogP contribution in [0.15, 0.2) is 48.5 Å². The van der Waals surface area contributed by atoms with Crippen LogP contribution in [0.4, 0.5) is 11.4 Å². The molecule has 1 saturated heterocycles. The van der Waals surface area contributed by atoms with E-state index >= 15 is 0 Å². The average molecular weight is 522 g/mol. The lowest BCUT2D eigenvalue weighted by Crippen LogP contribution is -2.48. The normalized spacial score (nSPS) is 24.2. The van der Waals surface area contributed by atoms with Gasteiger partial charge in [-0.05, 0) is 42.7 Å². The number of carbonyl (C=O) groups excluding carboxylic acids is 4. The van der Waals surface area contributed by atoms with Crippen molar-refractivity contribution in [3.63, 3.8) is 0 Å². The number of hydrogen-bond donors (Lipinski definition) is 1. The van der Waals surface area contributed by atoms with Gasteiger partial charge in [0.05, 0.1) is 23.9 Å². The van der Waals surface area contributed by atoms with Crippen LogP contribution in [0.3, 0.4) is 0 Å². The standard InChI is InChI=1S/C27H27N3O8/c1-37-18-9-10-20(30(35)36)19(13-18)28-22(31)14-38-27(34)21(11-15-5-3-2-4-6-15)29-25(32)23-16-7-8-17(12-16)24(23)26(29)33/h2-6,9-10,13,16-17,21,23-24H,7-8,11-12,14H2,1H3,(H,28,31)/t16-,17-,21-,23-,24+/m0/s1. The summed E-state index contributed by atoms with van der Waals surface area (Å²) >= 11 is 0. The van der Waals surface area contributed by atoms with E-state index in [4.69, 9.17) is 9.47 Å². The number of likely N-dealkylation sites (tertiary alicyclic amines) is 1. The van der Waals surface area contributed by atoms with Crippen molar-refractivity contribution in [3.05, 3.63) is 64.2 Å². The molecule has 2 aromatic carbocycles. The number of ether oxygens (including phenoxy) is 2. The molecule has 3 fully saturated rings. The summed E-state index contributed by atoms with van der Waals surface area (Å²) in [7, 11) is 1.38. The second-order valence-corrected chi connectivity index (χ2v) is 9.93. The van der Waals surface area contributed by atoms with E-state index in [0.717, 1.165) is 29.7 Å². The smallest absolute Gasteiger partial charge is 0.330 e. The molecule has 5 atom stereocenters. The minimum atomic E-state index is -1.22. The molecule has 1 aliphatic heterocycles. The lowest BCUT2D eigenvalue weighted by atomic mass is 9.81. The van der Waals surface area contributed by atoms with Gasteiger partial charge < -0.3 is 14.8 Å². The van der Waals surface area contributed by atoms with Crippen LogP contribution in [0.25, 0.3) is 0 Å². The van der Waals surface area contributed by atoms with E-state index in [1.54, 1.807) is 24.3 Å². The number of esters is 1. The zero-order valence-electron chi connectivity index (χ0n) is 20.7. The SMILES string of the molecule is COc1ccc([N+](=O)[O-])c(NC(=O)COC(=O)[C@H](Cc2ccccc2)N2C(=O)[C@@H]3[C@H]4CC[C@@H](C4)[C@@H]3C2=O)c1. The van der Waals surface area contributed by atoms with Crippen LogP contribution in [0, 0.1) is 33.8 Å². The molecule has 3 amide bonds. The zero-order valence-corrected chi connectivity index (χ0v) is 20.7. The number of anilines is 1. The molecular formula is C27H27N3O8. The molecule has 198 valence electrons. The highest BCUT2D eigenvalue weighted by Crippen LogP contribution is 2.56. The van der Waals surface area contributed by atoms with Crippen LogP contribution in [-0.4, -0.2) is 53.3 Å². The quantitative estimate of drug-likeness (QED) is 0.229. The average Bonchev–Trinajstić information content (AvgIpc) is 3.60. The Bertz CT molecular complexity index is 1270. The number of rotatable bonds is 9. The van der Waals surface area contributed by atoms with Crippen LogP contribution in [0.5, 0.6) is 5.75 Å². The summed E-state index contributed by atoms with van der Waals surface area (Å²) in [4.78, 5) is 64.4. The minimum Gasteiger partial charge on any atom is -0.497 e. The summed E-state index contributed by atoms with van der Waals surface area (Å²) in [6.07, 6.45) is 2.73. The van der Waals surface area contributed by atoms with Gasteiger partial charge in [0.15, 0.2) is 6.61 Å². The molecule has 11 heteroatoms. The molecule has 11 nitrogen and oxygen atoms in total. The first-order chi connectivity index (χ1) is 18.3. The second kappa shape index (κ2) is 10.2. The number of carbonyl (C=O) groups is 4. The van der Waals surface area contributed by atoms with Crippen LogP contribution >= 0.6 is 0 Å². The molecule has 2 aromatic rings. The van der Waals surface area contributed by atoms with E-state index in [-0.39, 0.29) is 47.2 Å². The highest BCUT2D eigenvalue weighted by molar-refractivity contribution is 6.08. The number of nitrogens with one attached hydrogen (secondary N) is 1. The van der Waals surface area contributed by atoms with Gasteiger partial charge in [0, 0.05) is 18.6 Å². The van der Waals surface area contributed by atoms with Crippen molar-refractivity contribution in [3.8, 4) is 5.75 Å². The lowest BCUT2D eigenvalue weighted by Gasteiger charge is -2.26. The van der Waals surface area contributed by atoms with Crippen molar-refractivity contribution in [2.24, 2.45) is 23.7 Å². The highest BCUT2D eigenvalue weighted by Gasteiger charge is 2.62. The van der Waals surface area contributed by atoms with Gasteiger partial charge in [-0.25, -0.2) is 4.79 Å². The van der Waals surface area contributed by atoms with E-state index in [2.05, 4.69) is 5.32 Å². The maximum Gasteiger partial charge on any atom is 0.330 e. The van der Waals surface area contributed by atoms with Crippen LogP contribution in [0.1, 0.15) is 24.8 Å². The predicted molar refractivity (Wildman–Crippen MR) is 133 cm³/mol. The fourth-order valence-electron chi connectivity index (χ4n) is 6.18. The predicted octanol–water partition coefficient (Wildman–Crippen LogP) is 2.73. The van der Waals surface area contributed by atoms with E-state index in [1.165, 1.54) is 25.3 Å². The topological polar surface area (TPSA) is 145 Å². The van der Waals surface area contributed by atoms with E-state index in [1.807, 2.05) is 6.07 Å². The molecule has 0 spiro atoms. The summed E-state index contributed by atoms with van der Waals surface area (Å²) in [5.41, 5.74) is 0.248. The first kappa shape index (κ1) is 25.4. The largest absolute Gasteiger partial charge is 0.497 e. The number of nitro benzene ring substituents is 1. The Morgan fingerprint density at radius 3 is 2.34 bits per heavy atom. The summed E-state index contributed by atoms with van der Waals surface area (Å²) < 4.78 is 10.3. The number of imide groups is 1. The van der Waals surface area contributed by atoms with Crippen LogP contribution in [-0.2, 0) is 30.3 Å². The Balaban J connectivity index is 1.32. The van der Waals surface area contributed by atoms with E-state index in [9.17, 15) is 29.3 Å². The Morgan fingerprint density at radius 2 is 1.74 bits per heavy atom. The van der Waals surface area contributed by atoms with Crippen LogP contribution < -0.4 is 10.1 Å². The minimum absolute atomic E-state index is 0.0505. The van der Waals surface area contributed by atoms with Crippen molar-refractivity contribution >= 4 is 35.1 Å². The molecule has 1 N–H and O–H groups in total. The maximum absolute atomic E-state index is 13.4. The molecule has 5 rings (SSSR count). The number of hydrogen-bond acceptors (Lipinski definition) is 8. The van der Waals surface area contributed by atoms with Gasteiger partial charge in [0.2, 0.25) is 11.8 Å². The number of nitro groups is 1. The fraction of sp³-hybridized carbons (Fsp3) is 0.407. The molecule has 0 radical (unpaired) electrons. The molecule has 1 heterocycles. The first-order valence-electron chi connectivity index (χ1n) is 12.5. The van der Waals surface area contributed by atoms with Crippen LogP contribution in [0.2, 0.25) is 0 Å². The third kappa shape index (κ3) is 4.59. The lowest BCUT2D eigenvalue weighted by molar-refractivity contribution is -0.383. The van der Waals surface area contributed by atoms with Gasteiger partial charge in [-0.15, -0.1) is 0 Å². The maximum atomic E-state index is 13.4. The Hall–Kier alpha value is -4.28. The van der Waals surface area contributed by atoms with E-state index < -0.39 is 41.3 Å². The third-order valence-electron chi connectivity index (χ3n) is 7.84. The van der Waals surface area contributed by atoms with Crippen molar-refractivity contribution in [1.82, 2.24) is 4.90 Å². The fourth-order valence-corrected chi connectivity index (χ4v) is 6.18. The molecule has 0 unspecified atom stereocenters. The Kier molecular flexibility index (Phi) is 6.83. The molecule has 38 heavy (non-hydrogen) atoms. The molecular weight excluding hydrogens is 494 g/mol. The van der Waals surface area contributed by atoms with Gasteiger partial charge >= 0.3 is 5.97 Å². The number of fused-ring (bicyclic) bond motifs is 5. The zero-order chi connectivity index (χ0) is 27.0. The number of nitrogens with zero attached hydrogens (tertiary/aromatic N) is 2. The second-order valence-electron chi connectivity index (χ2n) is 9.93.